The van der Waals surface area contributed by atoms with Gasteiger partial charge in [0.25, 0.3) is 0 Å². The van der Waals surface area contributed by atoms with E-state index in [1.807, 2.05) is 31.3 Å². The average Bonchev–Trinajstić information content (AvgIpc) is 3.09. The predicted octanol–water partition coefficient (Wildman–Crippen LogP) is 5.05. The summed E-state index contributed by atoms with van der Waals surface area (Å²) in [6, 6.07) is 15.3. The Balaban J connectivity index is 1.97. The van der Waals surface area contributed by atoms with Gasteiger partial charge in [-0.15, -0.1) is 11.3 Å². The Hall–Kier alpha value is -2.99. The van der Waals surface area contributed by atoms with E-state index in [1.165, 1.54) is 0 Å². The molecule has 0 radical (unpaired) electrons. The normalized spacial score (nSPS) is 11.4. The highest BCUT2D eigenvalue weighted by atomic mass is 32.1. The molecule has 136 valence electrons. The van der Waals surface area contributed by atoms with Crippen LogP contribution in [0.4, 0.5) is 5.69 Å². The van der Waals surface area contributed by atoms with Gasteiger partial charge in [0.15, 0.2) is 0 Å². The molecule has 0 aliphatic rings. The van der Waals surface area contributed by atoms with Crippen LogP contribution in [0.3, 0.4) is 0 Å². The molecule has 0 aliphatic heterocycles. The number of anilines is 1. The van der Waals surface area contributed by atoms with Crippen molar-refractivity contribution >= 4 is 44.1 Å². The first kappa shape index (κ1) is 17.4. The number of fused-ring (bicyclic) bond motifs is 2. The van der Waals surface area contributed by atoms with E-state index in [2.05, 4.69) is 24.8 Å². The zero-order valence-corrected chi connectivity index (χ0v) is 16.1. The second kappa shape index (κ2) is 6.63. The van der Waals surface area contributed by atoms with Gasteiger partial charge in [0, 0.05) is 18.5 Å². The number of nitrogens with zero attached hydrogens (tertiary/aromatic N) is 3. The van der Waals surface area contributed by atoms with Gasteiger partial charge in [-0.25, -0.2) is 14.8 Å². The van der Waals surface area contributed by atoms with Gasteiger partial charge in [0.2, 0.25) is 0 Å². The second-order valence-corrected chi connectivity index (χ2v) is 7.79. The topological polar surface area (TPSA) is 66.3 Å². The molecule has 2 aromatic heterocycles. The van der Waals surface area contributed by atoms with E-state index in [9.17, 15) is 9.90 Å². The largest absolute Gasteiger partial charge is 0.478 e. The van der Waals surface area contributed by atoms with Crippen LogP contribution < -0.4 is 4.90 Å². The molecule has 0 fully saturated rings. The van der Waals surface area contributed by atoms with Crippen molar-refractivity contribution in [1.82, 2.24) is 9.97 Å². The summed E-state index contributed by atoms with van der Waals surface area (Å²) >= 11 is 1.62. The third-order valence-electron chi connectivity index (χ3n) is 4.69. The van der Waals surface area contributed by atoms with Gasteiger partial charge in [0.05, 0.1) is 27.0 Å². The minimum Gasteiger partial charge on any atom is -0.478 e. The quantitative estimate of drug-likeness (QED) is 0.539. The number of aromatic nitrogens is 2. The summed E-state index contributed by atoms with van der Waals surface area (Å²) in [5, 5.41) is 11.0. The third-order valence-corrected chi connectivity index (χ3v) is 5.74. The molecule has 0 saturated carbocycles. The Kier molecular flexibility index (Phi) is 4.28. The number of pyridine rings is 1. The zero-order valence-electron chi connectivity index (χ0n) is 15.3. The lowest BCUT2D eigenvalue weighted by molar-refractivity contribution is 0.0697. The van der Waals surface area contributed by atoms with Gasteiger partial charge < -0.3 is 10.0 Å². The lowest BCUT2D eigenvalue weighted by Gasteiger charge is -2.25. The Bertz CT molecular complexity index is 1130. The van der Waals surface area contributed by atoms with Gasteiger partial charge in [-0.3, -0.25) is 0 Å². The Morgan fingerprint density at radius 3 is 2.56 bits per heavy atom. The fraction of sp³-hybridized carbons (Fsp3) is 0.190. The minimum atomic E-state index is -0.939. The fourth-order valence-corrected chi connectivity index (χ4v) is 3.94. The smallest absolute Gasteiger partial charge is 0.335 e. The molecule has 5 nitrogen and oxygen atoms in total. The lowest BCUT2D eigenvalue weighted by Crippen LogP contribution is -2.26. The highest BCUT2D eigenvalue weighted by Gasteiger charge is 2.18. The average molecular weight is 377 g/mol. The molecule has 4 aromatic rings. The molecule has 2 aromatic carbocycles. The molecule has 0 amide bonds. The van der Waals surface area contributed by atoms with E-state index in [0.29, 0.717) is 0 Å². The van der Waals surface area contributed by atoms with Crippen LogP contribution in [0, 0.1) is 0 Å². The SMILES string of the molecule is CC(C)N(C)c1cc2cc(C(=O)O)ccc2nc1-c1nc2ccccc2s1. The van der Waals surface area contributed by atoms with Gasteiger partial charge in [-0.2, -0.15) is 0 Å². The zero-order chi connectivity index (χ0) is 19.1. The van der Waals surface area contributed by atoms with Gasteiger partial charge in [-0.1, -0.05) is 12.1 Å². The maximum Gasteiger partial charge on any atom is 0.335 e. The minimum absolute atomic E-state index is 0.259. The van der Waals surface area contributed by atoms with Crippen LogP contribution in [0.25, 0.3) is 31.8 Å². The Morgan fingerprint density at radius 2 is 1.85 bits per heavy atom. The molecule has 0 saturated heterocycles. The fourth-order valence-electron chi connectivity index (χ4n) is 2.98. The van der Waals surface area contributed by atoms with Gasteiger partial charge in [0.1, 0.15) is 10.7 Å². The summed E-state index contributed by atoms with van der Waals surface area (Å²) in [6.45, 7) is 4.22. The van der Waals surface area contributed by atoms with Crippen molar-refractivity contribution in [2.45, 2.75) is 19.9 Å². The number of carboxylic acids is 1. The van der Waals surface area contributed by atoms with Crippen LogP contribution in [-0.2, 0) is 0 Å². The Morgan fingerprint density at radius 1 is 1.07 bits per heavy atom. The summed E-state index contributed by atoms with van der Waals surface area (Å²) in [5.74, 6) is -0.939. The van der Waals surface area contributed by atoms with Crippen LogP contribution >= 0.6 is 11.3 Å². The number of carbonyl (C=O) groups is 1. The molecule has 0 aliphatic carbocycles. The van der Waals surface area contributed by atoms with E-state index in [1.54, 1.807) is 29.5 Å². The number of benzene rings is 2. The summed E-state index contributed by atoms with van der Waals surface area (Å²) in [5.41, 5.74) is 3.74. The van der Waals surface area contributed by atoms with E-state index < -0.39 is 5.97 Å². The van der Waals surface area contributed by atoms with Crippen molar-refractivity contribution in [1.29, 1.82) is 0 Å². The lowest BCUT2D eigenvalue weighted by atomic mass is 10.1. The van der Waals surface area contributed by atoms with Crippen LogP contribution in [-0.4, -0.2) is 34.1 Å². The number of rotatable bonds is 4. The number of hydrogen-bond donors (Lipinski definition) is 1. The molecule has 6 heteroatoms. The Labute approximate surface area is 160 Å². The van der Waals surface area contributed by atoms with E-state index in [-0.39, 0.29) is 11.6 Å². The summed E-state index contributed by atoms with van der Waals surface area (Å²) in [6.07, 6.45) is 0. The molecule has 4 rings (SSSR count). The highest BCUT2D eigenvalue weighted by molar-refractivity contribution is 7.21. The molecule has 0 unspecified atom stereocenters. The first-order chi connectivity index (χ1) is 12.9. The van der Waals surface area contributed by atoms with E-state index >= 15 is 0 Å². The van der Waals surface area contributed by atoms with Crippen LogP contribution in [0.5, 0.6) is 0 Å². The van der Waals surface area contributed by atoms with Gasteiger partial charge >= 0.3 is 5.97 Å². The number of carboxylic acid groups (broad SMARTS) is 1. The molecular formula is C21H19N3O2S. The summed E-state index contributed by atoms with van der Waals surface area (Å²) < 4.78 is 1.12. The number of thiazole rings is 1. The van der Waals surface area contributed by atoms with Crippen molar-refractivity contribution in [3.63, 3.8) is 0 Å². The van der Waals surface area contributed by atoms with Gasteiger partial charge in [-0.05, 0) is 50.2 Å². The van der Waals surface area contributed by atoms with Crippen LogP contribution in [0.1, 0.15) is 24.2 Å². The first-order valence-corrected chi connectivity index (χ1v) is 9.52. The van der Waals surface area contributed by atoms with Crippen molar-refractivity contribution < 1.29 is 9.90 Å². The maximum absolute atomic E-state index is 11.3. The van der Waals surface area contributed by atoms with E-state index in [4.69, 9.17) is 9.97 Å². The van der Waals surface area contributed by atoms with Crippen molar-refractivity contribution in [3.8, 4) is 10.7 Å². The molecule has 0 bridgehead atoms. The monoisotopic (exact) mass is 377 g/mol. The molecule has 27 heavy (non-hydrogen) atoms. The predicted molar refractivity (Wildman–Crippen MR) is 111 cm³/mol. The summed E-state index contributed by atoms with van der Waals surface area (Å²) in [7, 11) is 2.02. The second-order valence-electron chi connectivity index (χ2n) is 6.76. The standard InChI is InChI=1S/C21H19N3O2S/c1-12(2)24(3)17-11-14-10-13(21(25)26)8-9-15(14)22-19(17)20-23-16-6-4-5-7-18(16)27-20/h4-12H,1-3H3,(H,25,26). The number of para-hydroxylation sites is 1. The number of hydrogen-bond acceptors (Lipinski definition) is 5. The molecule has 2 heterocycles. The first-order valence-electron chi connectivity index (χ1n) is 8.71. The molecular weight excluding hydrogens is 358 g/mol. The summed E-state index contributed by atoms with van der Waals surface area (Å²) in [4.78, 5) is 23.1. The van der Waals surface area contributed by atoms with Crippen LogP contribution in [0.15, 0.2) is 48.5 Å². The van der Waals surface area contributed by atoms with Crippen molar-refractivity contribution in [2.24, 2.45) is 0 Å². The molecule has 0 spiro atoms. The molecule has 1 N–H and O–H groups in total. The maximum atomic E-state index is 11.3. The third kappa shape index (κ3) is 3.13. The van der Waals surface area contributed by atoms with E-state index in [0.717, 1.165) is 37.5 Å². The highest BCUT2D eigenvalue weighted by Crippen LogP contribution is 2.37. The van der Waals surface area contributed by atoms with Crippen LogP contribution in [0.2, 0.25) is 0 Å². The van der Waals surface area contributed by atoms with Crippen molar-refractivity contribution in [2.75, 3.05) is 11.9 Å². The number of aromatic carboxylic acids is 1. The molecule has 0 atom stereocenters. The van der Waals surface area contributed by atoms with Crippen molar-refractivity contribution in [3.05, 3.63) is 54.1 Å².